The molecule has 0 amide bonds. The van der Waals surface area contributed by atoms with Crippen LogP contribution >= 0.6 is 0 Å². The molecule has 0 saturated carbocycles. The summed E-state index contributed by atoms with van der Waals surface area (Å²) >= 11 is 0. The van der Waals surface area contributed by atoms with Gasteiger partial charge in [-0.25, -0.2) is 4.39 Å². The van der Waals surface area contributed by atoms with Crippen molar-refractivity contribution < 1.29 is 13.7 Å². The summed E-state index contributed by atoms with van der Waals surface area (Å²) < 4.78 is 21.0. The summed E-state index contributed by atoms with van der Waals surface area (Å²) in [6, 6.07) is 14.5. The summed E-state index contributed by atoms with van der Waals surface area (Å²) in [5, 5.41) is 0. The lowest BCUT2D eigenvalue weighted by molar-refractivity contribution is -0.522. The second-order valence-electron chi connectivity index (χ2n) is 4.27. The van der Waals surface area contributed by atoms with Crippen LogP contribution in [-0.4, -0.2) is 17.0 Å². The van der Waals surface area contributed by atoms with Crippen LogP contribution in [0.15, 0.2) is 48.5 Å². The maximum absolute atomic E-state index is 13.2. The van der Waals surface area contributed by atoms with Crippen LogP contribution in [0.3, 0.4) is 0 Å². The minimum Gasteiger partial charge on any atom is -0.433 e. The Hall–Kier alpha value is -2.16. The van der Waals surface area contributed by atoms with E-state index < -0.39 is 0 Å². The number of halogens is 1. The summed E-state index contributed by atoms with van der Waals surface area (Å²) in [7, 11) is 0. The summed E-state index contributed by atoms with van der Waals surface area (Å²) in [6.45, 7) is 1.97. The lowest BCUT2D eigenvalue weighted by atomic mass is 10.2. The fourth-order valence-electron chi connectivity index (χ4n) is 2.11. The lowest BCUT2D eigenvalue weighted by Gasteiger charge is -2.19. The molecule has 0 aromatic heterocycles. The van der Waals surface area contributed by atoms with Crippen molar-refractivity contribution in [2.75, 3.05) is 0 Å². The van der Waals surface area contributed by atoms with Crippen LogP contribution < -0.4 is 4.74 Å². The Morgan fingerprint density at radius 3 is 2.67 bits per heavy atom. The molecule has 1 atom stereocenters. The van der Waals surface area contributed by atoms with E-state index in [1.807, 2.05) is 48.0 Å². The minimum atomic E-state index is -0.254. The van der Waals surface area contributed by atoms with Gasteiger partial charge in [0.05, 0.1) is 5.56 Å². The van der Waals surface area contributed by atoms with E-state index in [0.717, 1.165) is 17.0 Å². The van der Waals surface area contributed by atoms with Crippen LogP contribution in [0.25, 0.3) is 0 Å². The fraction of sp³-hybridized carbons (Fsp3) is 0.133. The zero-order valence-electron chi connectivity index (χ0n) is 10.0. The Bertz CT molecular complexity index is 607. The van der Waals surface area contributed by atoms with Gasteiger partial charge >= 0.3 is 0 Å². The van der Waals surface area contributed by atoms with Crippen molar-refractivity contribution >= 4 is 11.9 Å². The van der Waals surface area contributed by atoms with E-state index >= 15 is 0 Å². The van der Waals surface area contributed by atoms with E-state index in [9.17, 15) is 4.39 Å². The number of ether oxygens (including phenoxy) is 1. The van der Waals surface area contributed by atoms with Crippen molar-refractivity contribution in [1.29, 1.82) is 0 Å². The molecule has 0 aliphatic carbocycles. The van der Waals surface area contributed by atoms with Crippen LogP contribution in [0.2, 0.25) is 0 Å². The summed E-state index contributed by atoms with van der Waals surface area (Å²) in [6.07, 6.45) is 1.81. The minimum absolute atomic E-state index is 0.106. The van der Waals surface area contributed by atoms with Crippen molar-refractivity contribution in [3.05, 3.63) is 59.9 Å². The normalized spacial score (nSPS) is 17.7. The van der Waals surface area contributed by atoms with Crippen LogP contribution in [0.1, 0.15) is 12.5 Å². The van der Waals surface area contributed by atoms with Gasteiger partial charge in [-0.2, -0.15) is 4.58 Å². The van der Waals surface area contributed by atoms with Gasteiger partial charge in [0.1, 0.15) is 11.6 Å². The summed E-state index contributed by atoms with van der Waals surface area (Å²) in [5.41, 5.74) is 1.79. The molecule has 0 radical (unpaired) electrons. The number of para-hydroxylation sites is 1. The largest absolute Gasteiger partial charge is 0.433 e. The number of benzene rings is 2. The Labute approximate surface area is 105 Å². The van der Waals surface area contributed by atoms with E-state index in [2.05, 4.69) is 0 Å². The Kier molecular flexibility index (Phi) is 2.59. The first-order chi connectivity index (χ1) is 8.74. The van der Waals surface area contributed by atoms with Crippen molar-refractivity contribution in [3.63, 3.8) is 0 Å². The molecule has 1 heterocycles. The molecule has 0 spiro atoms. The molecule has 90 valence electrons. The van der Waals surface area contributed by atoms with Gasteiger partial charge in [0.25, 0.3) is 6.23 Å². The van der Waals surface area contributed by atoms with Gasteiger partial charge in [-0.3, -0.25) is 0 Å². The molecule has 0 fully saturated rings. The van der Waals surface area contributed by atoms with Gasteiger partial charge in [0, 0.05) is 19.1 Å². The number of fused-ring (bicyclic) bond motifs is 1. The maximum atomic E-state index is 13.2. The first-order valence-corrected chi connectivity index (χ1v) is 5.88. The highest BCUT2D eigenvalue weighted by Gasteiger charge is 2.26. The molecule has 0 saturated heterocycles. The molecule has 2 aromatic rings. The Morgan fingerprint density at radius 1 is 1.11 bits per heavy atom. The average Bonchev–Trinajstić information content (AvgIpc) is 2.39. The third-order valence-corrected chi connectivity index (χ3v) is 2.99. The Balaban J connectivity index is 2.10. The number of rotatable bonds is 1. The molecule has 1 aliphatic rings. The fourth-order valence-corrected chi connectivity index (χ4v) is 2.11. The number of hydrogen-bond acceptors (Lipinski definition) is 1. The number of hydrogen-bond donors (Lipinski definition) is 0. The molecule has 3 rings (SSSR count). The average molecular weight is 242 g/mol. The van der Waals surface area contributed by atoms with Gasteiger partial charge in [-0.1, -0.05) is 18.2 Å². The van der Waals surface area contributed by atoms with Crippen molar-refractivity contribution in [2.45, 2.75) is 13.2 Å². The molecule has 1 unspecified atom stereocenters. The van der Waals surface area contributed by atoms with Crippen molar-refractivity contribution in [1.82, 2.24) is 0 Å². The number of nitrogens with zero attached hydrogens (tertiary/aromatic N) is 1. The zero-order valence-corrected chi connectivity index (χ0v) is 10.0. The standard InChI is InChI=1S/C15H13FNO/c1-11-17(14-5-3-2-4-6-14)10-12-9-13(16)7-8-15(12)18-11/h2-11H,1H3/q+1. The van der Waals surface area contributed by atoms with E-state index in [-0.39, 0.29) is 12.0 Å². The van der Waals surface area contributed by atoms with Gasteiger partial charge in [-0.15, -0.1) is 0 Å². The van der Waals surface area contributed by atoms with Crippen LogP contribution in [0, 0.1) is 5.82 Å². The smallest absolute Gasteiger partial charge is 0.299 e. The topological polar surface area (TPSA) is 12.2 Å². The van der Waals surface area contributed by atoms with Crippen molar-refractivity contribution in [2.24, 2.45) is 0 Å². The highest BCUT2D eigenvalue weighted by atomic mass is 19.1. The quantitative estimate of drug-likeness (QED) is 0.699. The zero-order chi connectivity index (χ0) is 12.5. The van der Waals surface area contributed by atoms with Gasteiger partial charge in [-0.05, 0) is 18.2 Å². The molecule has 2 aromatic carbocycles. The Morgan fingerprint density at radius 2 is 1.89 bits per heavy atom. The molecule has 2 nitrogen and oxygen atoms in total. The predicted molar refractivity (Wildman–Crippen MR) is 68.0 cm³/mol. The summed E-state index contributed by atoms with van der Waals surface area (Å²) in [5.74, 6) is 0.465. The third kappa shape index (κ3) is 1.88. The van der Waals surface area contributed by atoms with E-state index in [0.29, 0.717) is 0 Å². The second-order valence-corrected chi connectivity index (χ2v) is 4.27. The van der Waals surface area contributed by atoms with E-state index in [1.165, 1.54) is 12.1 Å². The van der Waals surface area contributed by atoms with Gasteiger partial charge < -0.3 is 4.74 Å². The first kappa shape index (κ1) is 11.0. The van der Waals surface area contributed by atoms with E-state index in [1.54, 1.807) is 6.07 Å². The first-order valence-electron chi connectivity index (χ1n) is 5.88. The van der Waals surface area contributed by atoms with Crippen LogP contribution in [0.5, 0.6) is 5.75 Å². The maximum Gasteiger partial charge on any atom is 0.299 e. The lowest BCUT2D eigenvalue weighted by Crippen LogP contribution is -2.30. The molecule has 1 aliphatic heterocycles. The molecule has 0 N–H and O–H groups in total. The summed E-state index contributed by atoms with van der Waals surface area (Å²) in [4.78, 5) is 0. The molecule has 18 heavy (non-hydrogen) atoms. The highest BCUT2D eigenvalue weighted by Crippen LogP contribution is 2.26. The molecule has 0 bridgehead atoms. The predicted octanol–water partition coefficient (Wildman–Crippen LogP) is 3.33. The monoisotopic (exact) mass is 242 g/mol. The molecular formula is C15H13FNO+. The molecular weight excluding hydrogens is 229 g/mol. The SMILES string of the molecule is CC1Oc2ccc(F)cc2C=[N+]1c1ccccc1. The van der Waals surface area contributed by atoms with Gasteiger partial charge in [0.2, 0.25) is 5.69 Å². The van der Waals surface area contributed by atoms with E-state index in [4.69, 9.17) is 4.74 Å². The second kappa shape index (κ2) is 4.26. The van der Waals surface area contributed by atoms with Gasteiger partial charge in [0.15, 0.2) is 6.21 Å². The van der Waals surface area contributed by atoms with Crippen LogP contribution in [-0.2, 0) is 0 Å². The van der Waals surface area contributed by atoms with Crippen molar-refractivity contribution in [3.8, 4) is 5.75 Å². The van der Waals surface area contributed by atoms with Crippen LogP contribution in [0.4, 0.5) is 10.1 Å². The molecule has 3 heteroatoms. The third-order valence-electron chi connectivity index (χ3n) is 2.99. The highest BCUT2D eigenvalue weighted by molar-refractivity contribution is 5.81.